The second-order valence-electron chi connectivity index (χ2n) is 3.86. The molecule has 3 nitrogen and oxygen atoms in total. The summed E-state index contributed by atoms with van der Waals surface area (Å²) in [6.45, 7) is 4.92. The van der Waals surface area contributed by atoms with Gasteiger partial charge in [0.15, 0.2) is 0 Å². The normalized spacial score (nSPS) is 10.4. The van der Waals surface area contributed by atoms with Crippen LogP contribution in [0.4, 0.5) is 11.5 Å². The highest BCUT2D eigenvalue weighted by molar-refractivity contribution is 7.08. The maximum absolute atomic E-state index is 5.71. The predicted molar refractivity (Wildman–Crippen MR) is 69.8 cm³/mol. The van der Waals surface area contributed by atoms with Crippen molar-refractivity contribution in [3.63, 3.8) is 0 Å². The molecule has 0 saturated heterocycles. The van der Waals surface area contributed by atoms with E-state index in [4.69, 9.17) is 5.73 Å². The van der Waals surface area contributed by atoms with Gasteiger partial charge < -0.3 is 11.1 Å². The van der Waals surface area contributed by atoms with Gasteiger partial charge in [-0.1, -0.05) is 0 Å². The van der Waals surface area contributed by atoms with Crippen molar-refractivity contribution in [2.75, 3.05) is 11.1 Å². The van der Waals surface area contributed by atoms with Crippen LogP contribution in [-0.2, 0) is 6.54 Å². The summed E-state index contributed by atoms with van der Waals surface area (Å²) in [5, 5.41) is 7.61. The third-order valence-corrected chi connectivity index (χ3v) is 3.48. The van der Waals surface area contributed by atoms with E-state index >= 15 is 0 Å². The lowest BCUT2D eigenvalue weighted by Crippen LogP contribution is -2.02. The molecule has 0 radical (unpaired) electrons. The molecule has 3 N–H and O–H groups in total. The molecular weight excluding hydrogens is 218 g/mol. The monoisotopic (exact) mass is 233 g/mol. The number of nitrogens with two attached hydrogens (primary N) is 1. The molecule has 0 atom stereocenters. The predicted octanol–water partition coefficient (Wildman–Crippen LogP) is 2.95. The average molecular weight is 233 g/mol. The first-order valence-electron chi connectivity index (χ1n) is 5.14. The first-order valence-corrected chi connectivity index (χ1v) is 6.09. The third-order valence-electron chi connectivity index (χ3n) is 2.57. The summed E-state index contributed by atoms with van der Waals surface area (Å²) in [7, 11) is 0. The van der Waals surface area contributed by atoms with Gasteiger partial charge in [-0.25, -0.2) is 4.98 Å². The van der Waals surface area contributed by atoms with Crippen LogP contribution >= 0.6 is 11.3 Å². The van der Waals surface area contributed by atoms with Crippen molar-refractivity contribution >= 4 is 22.8 Å². The summed E-state index contributed by atoms with van der Waals surface area (Å²) >= 11 is 1.73. The Kier molecular flexibility index (Phi) is 3.10. The van der Waals surface area contributed by atoms with E-state index in [1.807, 2.05) is 13.0 Å². The van der Waals surface area contributed by atoms with Gasteiger partial charge in [0.05, 0.1) is 11.9 Å². The molecular formula is C12H15N3S. The van der Waals surface area contributed by atoms with Crippen molar-refractivity contribution in [1.29, 1.82) is 0 Å². The zero-order valence-electron chi connectivity index (χ0n) is 9.45. The van der Waals surface area contributed by atoms with Gasteiger partial charge in [0.25, 0.3) is 0 Å². The molecule has 84 valence electrons. The smallest absolute Gasteiger partial charge is 0.126 e. The molecule has 0 amide bonds. The number of anilines is 2. The molecule has 2 aromatic rings. The van der Waals surface area contributed by atoms with Crippen molar-refractivity contribution in [3.8, 4) is 0 Å². The minimum Gasteiger partial charge on any atom is -0.397 e. The number of rotatable bonds is 3. The van der Waals surface area contributed by atoms with Crippen LogP contribution in [0, 0.1) is 13.8 Å². The Morgan fingerprint density at radius 1 is 1.31 bits per heavy atom. The summed E-state index contributed by atoms with van der Waals surface area (Å²) in [4.78, 5) is 4.24. The molecule has 0 saturated carbocycles. The second kappa shape index (κ2) is 4.53. The van der Waals surface area contributed by atoms with Crippen LogP contribution in [-0.4, -0.2) is 4.98 Å². The highest BCUT2D eigenvalue weighted by Crippen LogP contribution is 2.17. The van der Waals surface area contributed by atoms with E-state index in [1.165, 1.54) is 11.1 Å². The molecule has 2 heterocycles. The molecule has 0 fully saturated rings. The van der Waals surface area contributed by atoms with E-state index in [2.05, 4.69) is 28.0 Å². The van der Waals surface area contributed by atoms with Crippen LogP contribution in [0.5, 0.6) is 0 Å². The number of nitrogens with zero attached hydrogens (tertiary/aromatic N) is 1. The summed E-state index contributed by atoms with van der Waals surface area (Å²) in [6.07, 6.45) is 1.69. The van der Waals surface area contributed by atoms with Crippen molar-refractivity contribution in [2.45, 2.75) is 20.4 Å². The Hall–Kier alpha value is -1.55. The fourth-order valence-corrected chi connectivity index (χ4v) is 2.27. The van der Waals surface area contributed by atoms with Gasteiger partial charge >= 0.3 is 0 Å². The van der Waals surface area contributed by atoms with Gasteiger partial charge in [-0.2, -0.15) is 11.3 Å². The number of nitrogens with one attached hydrogen (secondary N) is 1. The molecule has 0 aromatic carbocycles. The zero-order valence-corrected chi connectivity index (χ0v) is 10.3. The van der Waals surface area contributed by atoms with Crippen molar-refractivity contribution in [2.24, 2.45) is 0 Å². The Labute approximate surface area is 99.3 Å². The minimum absolute atomic E-state index is 0.734. The molecule has 0 spiro atoms. The number of aryl methyl sites for hydroxylation is 2. The topological polar surface area (TPSA) is 50.9 Å². The van der Waals surface area contributed by atoms with Gasteiger partial charge in [0.2, 0.25) is 0 Å². The Balaban J connectivity index is 2.05. The van der Waals surface area contributed by atoms with Crippen LogP contribution in [0.15, 0.2) is 23.0 Å². The molecule has 0 aliphatic rings. The summed E-state index contributed by atoms with van der Waals surface area (Å²) < 4.78 is 0. The van der Waals surface area contributed by atoms with Crippen LogP contribution in [0.2, 0.25) is 0 Å². The molecule has 4 heteroatoms. The SMILES string of the molecule is Cc1cc(NCc2cscc2C)ncc1N. The Morgan fingerprint density at radius 2 is 2.12 bits per heavy atom. The fourth-order valence-electron chi connectivity index (χ4n) is 1.42. The number of hydrogen-bond acceptors (Lipinski definition) is 4. The van der Waals surface area contributed by atoms with Gasteiger partial charge in [0.1, 0.15) is 5.82 Å². The molecule has 2 rings (SSSR count). The molecule has 2 aromatic heterocycles. The van der Waals surface area contributed by atoms with Crippen LogP contribution in [0.25, 0.3) is 0 Å². The Morgan fingerprint density at radius 3 is 2.75 bits per heavy atom. The van der Waals surface area contributed by atoms with Crippen LogP contribution in [0.3, 0.4) is 0 Å². The maximum atomic E-state index is 5.71. The van der Waals surface area contributed by atoms with Crippen molar-refractivity contribution in [1.82, 2.24) is 4.98 Å². The fraction of sp³-hybridized carbons (Fsp3) is 0.250. The maximum Gasteiger partial charge on any atom is 0.126 e. The molecule has 16 heavy (non-hydrogen) atoms. The van der Waals surface area contributed by atoms with E-state index in [0.29, 0.717) is 0 Å². The van der Waals surface area contributed by atoms with Gasteiger partial charge in [0, 0.05) is 6.54 Å². The summed E-state index contributed by atoms with van der Waals surface area (Å²) in [6, 6.07) is 1.97. The highest BCUT2D eigenvalue weighted by atomic mass is 32.1. The lowest BCUT2D eigenvalue weighted by Gasteiger charge is -2.07. The molecule has 0 aliphatic carbocycles. The quantitative estimate of drug-likeness (QED) is 0.857. The average Bonchev–Trinajstić information content (AvgIpc) is 2.66. The van der Waals surface area contributed by atoms with Crippen molar-refractivity contribution < 1.29 is 0 Å². The van der Waals surface area contributed by atoms with E-state index in [0.717, 1.165) is 23.6 Å². The zero-order chi connectivity index (χ0) is 11.5. The third kappa shape index (κ3) is 2.33. The number of pyridine rings is 1. The van der Waals surface area contributed by atoms with E-state index in [-0.39, 0.29) is 0 Å². The number of aromatic nitrogens is 1. The standard InChI is InChI=1S/C12H15N3S/c1-8-3-12(15-5-11(8)13)14-4-10-7-16-6-9(10)2/h3,5-7H,4,13H2,1-2H3,(H,14,15). The van der Waals surface area contributed by atoms with Crippen LogP contribution in [0.1, 0.15) is 16.7 Å². The van der Waals surface area contributed by atoms with Gasteiger partial charge in [-0.3, -0.25) is 0 Å². The molecule has 0 unspecified atom stereocenters. The minimum atomic E-state index is 0.734. The highest BCUT2D eigenvalue weighted by Gasteiger charge is 2.01. The van der Waals surface area contributed by atoms with E-state index in [9.17, 15) is 0 Å². The Bertz CT molecular complexity index is 491. The number of nitrogen functional groups attached to an aromatic ring is 1. The number of hydrogen-bond donors (Lipinski definition) is 2. The van der Waals surface area contributed by atoms with Gasteiger partial charge in [-0.15, -0.1) is 0 Å². The molecule has 0 aliphatic heterocycles. The summed E-state index contributed by atoms with van der Waals surface area (Å²) in [5.74, 6) is 0.873. The number of thiophene rings is 1. The second-order valence-corrected chi connectivity index (χ2v) is 4.60. The van der Waals surface area contributed by atoms with Gasteiger partial charge in [-0.05, 0) is 47.4 Å². The van der Waals surface area contributed by atoms with Crippen LogP contribution < -0.4 is 11.1 Å². The first-order chi connectivity index (χ1) is 7.66. The van der Waals surface area contributed by atoms with Crippen molar-refractivity contribution in [3.05, 3.63) is 39.7 Å². The van der Waals surface area contributed by atoms with E-state index < -0.39 is 0 Å². The summed E-state index contributed by atoms with van der Waals surface area (Å²) in [5.41, 5.74) is 10.1. The first kappa shape index (κ1) is 11.0. The lowest BCUT2D eigenvalue weighted by atomic mass is 10.2. The van der Waals surface area contributed by atoms with E-state index in [1.54, 1.807) is 17.5 Å². The lowest BCUT2D eigenvalue weighted by molar-refractivity contribution is 1.10. The largest absolute Gasteiger partial charge is 0.397 e. The molecule has 0 bridgehead atoms.